The van der Waals surface area contributed by atoms with E-state index < -0.39 is 0 Å². The van der Waals surface area contributed by atoms with Crippen LogP contribution < -0.4 is 4.90 Å². The zero-order valence-corrected chi connectivity index (χ0v) is 19.2. The van der Waals surface area contributed by atoms with Gasteiger partial charge in [0.25, 0.3) is 0 Å². The van der Waals surface area contributed by atoms with Crippen LogP contribution in [0.5, 0.6) is 0 Å². The van der Waals surface area contributed by atoms with Crippen molar-refractivity contribution >= 4 is 28.9 Å². The Morgan fingerprint density at radius 2 is 1.50 bits per heavy atom. The van der Waals surface area contributed by atoms with Crippen molar-refractivity contribution in [1.82, 2.24) is 4.90 Å². The van der Waals surface area contributed by atoms with Crippen molar-refractivity contribution in [3.63, 3.8) is 0 Å². The van der Waals surface area contributed by atoms with Crippen LogP contribution in [0.25, 0.3) is 0 Å². The number of rotatable bonds is 5. The van der Waals surface area contributed by atoms with Gasteiger partial charge in [-0.15, -0.1) is 0 Å². The number of carbonyl (C=O) groups is 1. The van der Waals surface area contributed by atoms with Gasteiger partial charge in [0.1, 0.15) is 0 Å². The highest BCUT2D eigenvalue weighted by molar-refractivity contribution is 6.31. The third-order valence-corrected chi connectivity index (χ3v) is 6.99. The predicted molar refractivity (Wildman–Crippen MR) is 132 cm³/mol. The fourth-order valence-electron chi connectivity index (χ4n) is 5.03. The largest absolute Gasteiger partial charge is 0.299 e. The molecule has 0 saturated carbocycles. The van der Waals surface area contributed by atoms with Gasteiger partial charge >= 0.3 is 0 Å². The molecule has 0 spiro atoms. The maximum atomic E-state index is 13.5. The van der Waals surface area contributed by atoms with Crippen molar-refractivity contribution in [2.75, 3.05) is 18.0 Å². The summed E-state index contributed by atoms with van der Waals surface area (Å²) in [6, 6.07) is 23.0. The molecule has 0 atom stereocenters. The molecule has 5 rings (SSSR count). The second kappa shape index (κ2) is 9.48. The number of carbonyl (C=O) groups excluding carboxylic acids is 1. The van der Waals surface area contributed by atoms with Crippen LogP contribution in [0.2, 0.25) is 5.02 Å². The number of hydrogen-bond acceptors (Lipinski definition) is 2. The van der Waals surface area contributed by atoms with E-state index in [9.17, 15) is 4.79 Å². The lowest BCUT2D eigenvalue weighted by atomic mass is 10.00. The van der Waals surface area contributed by atoms with Gasteiger partial charge in [0.2, 0.25) is 5.91 Å². The van der Waals surface area contributed by atoms with Crippen LogP contribution in [-0.4, -0.2) is 23.9 Å². The maximum Gasteiger partial charge on any atom is 0.231 e. The van der Waals surface area contributed by atoms with Crippen molar-refractivity contribution in [2.45, 2.75) is 45.1 Å². The van der Waals surface area contributed by atoms with E-state index >= 15 is 0 Å². The predicted octanol–water partition coefficient (Wildman–Crippen LogP) is 6.33. The maximum absolute atomic E-state index is 13.5. The molecular weight excluding hydrogens is 416 g/mol. The number of para-hydroxylation sites is 1. The molecule has 0 radical (unpaired) electrons. The van der Waals surface area contributed by atoms with E-state index in [-0.39, 0.29) is 5.91 Å². The molecule has 164 valence electrons. The molecule has 0 saturated heterocycles. The Morgan fingerprint density at radius 1 is 0.781 bits per heavy atom. The molecule has 3 aromatic carbocycles. The average Bonchev–Trinajstić information content (AvgIpc) is 2.98. The summed E-state index contributed by atoms with van der Waals surface area (Å²) in [5.41, 5.74) is 7.29. The molecule has 0 aliphatic carbocycles. The number of amides is 1. The number of anilines is 2. The summed E-state index contributed by atoms with van der Waals surface area (Å²) in [7, 11) is 0. The topological polar surface area (TPSA) is 23.6 Å². The molecule has 0 unspecified atom stereocenters. The van der Waals surface area contributed by atoms with E-state index in [4.69, 9.17) is 11.6 Å². The normalized spacial score (nSPS) is 15.5. The number of benzene rings is 3. The number of aryl methyl sites for hydroxylation is 2. The Morgan fingerprint density at radius 3 is 2.34 bits per heavy atom. The van der Waals surface area contributed by atoms with Crippen LogP contribution in [0.15, 0.2) is 66.7 Å². The number of nitrogens with zero attached hydrogens (tertiary/aromatic N) is 2. The number of unbranched alkanes of at least 4 members (excludes halogenated alkanes) is 1. The highest BCUT2D eigenvalue weighted by Crippen LogP contribution is 2.38. The number of halogens is 1. The summed E-state index contributed by atoms with van der Waals surface area (Å²) in [6.07, 6.45) is 5.45. The van der Waals surface area contributed by atoms with Gasteiger partial charge in [-0.1, -0.05) is 60.1 Å². The van der Waals surface area contributed by atoms with E-state index in [0.29, 0.717) is 11.4 Å². The third-order valence-electron chi connectivity index (χ3n) is 6.76. The van der Waals surface area contributed by atoms with Crippen LogP contribution in [0.1, 0.15) is 41.5 Å². The average molecular weight is 445 g/mol. The van der Waals surface area contributed by atoms with Gasteiger partial charge in [-0.3, -0.25) is 14.6 Å². The SMILES string of the molecule is O=C(CCCCN1CCc2ccccc2C1)N1c2ccccc2CCc2ccc(Cl)cc21. The van der Waals surface area contributed by atoms with Gasteiger partial charge < -0.3 is 0 Å². The molecule has 2 heterocycles. The smallest absolute Gasteiger partial charge is 0.231 e. The molecule has 0 N–H and O–H groups in total. The van der Waals surface area contributed by atoms with Gasteiger partial charge in [0.15, 0.2) is 0 Å². The minimum absolute atomic E-state index is 0.159. The Hall–Kier alpha value is -2.62. The molecule has 2 aliphatic rings. The van der Waals surface area contributed by atoms with Crippen LogP contribution in [-0.2, 0) is 30.6 Å². The van der Waals surface area contributed by atoms with E-state index in [0.717, 1.165) is 63.1 Å². The lowest BCUT2D eigenvalue weighted by Gasteiger charge is -2.29. The van der Waals surface area contributed by atoms with Crippen molar-refractivity contribution in [3.05, 3.63) is 94.0 Å². The molecular formula is C28H29ClN2O. The Balaban J connectivity index is 1.25. The van der Waals surface area contributed by atoms with Gasteiger partial charge in [0.05, 0.1) is 11.4 Å². The van der Waals surface area contributed by atoms with Gasteiger partial charge in [-0.25, -0.2) is 0 Å². The fourth-order valence-corrected chi connectivity index (χ4v) is 5.20. The number of hydrogen-bond donors (Lipinski definition) is 0. The van der Waals surface area contributed by atoms with Crippen molar-refractivity contribution < 1.29 is 4.79 Å². The summed E-state index contributed by atoms with van der Waals surface area (Å²) in [5.74, 6) is 0.159. The first-order valence-electron chi connectivity index (χ1n) is 11.7. The zero-order chi connectivity index (χ0) is 21.9. The highest BCUT2D eigenvalue weighted by atomic mass is 35.5. The van der Waals surface area contributed by atoms with E-state index in [1.54, 1.807) is 0 Å². The van der Waals surface area contributed by atoms with Crippen LogP contribution >= 0.6 is 11.6 Å². The third kappa shape index (κ3) is 4.46. The molecule has 3 nitrogen and oxygen atoms in total. The summed E-state index contributed by atoms with van der Waals surface area (Å²) in [6.45, 7) is 3.17. The second-order valence-electron chi connectivity index (χ2n) is 8.88. The number of fused-ring (bicyclic) bond motifs is 3. The van der Waals surface area contributed by atoms with Gasteiger partial charge in [-0.2, -0.15) is 0 Å². The molecule has 4 heteroatoms. The fraction of sp³-hybridized carbons (Fsp3) is 0.321. The Kier molecular flexibility index (Phi) is 6.29. The lowest BCUT2D eigenvalue weighted by Crippen LogP contribution is -2.31. The quantitative estimate of drug-likeness (QED) is 0.429. The van der Waals surface area contributed by atoms with E-state index in [2.05, 4.69) is 53.4 Å². The summed E-state index contributed by atoms with van der Waals surface area (Å²) in [4.78, 5) is 17.9. The van der Waals surface area contributed by atoms with Gasteiger partial charge in [0, 0.05) is 24.5 Å². The van der Waals surface area contributed by atoms with Gasteiger partial charge in [-0.05, 0) is 79.1 Å². The zero-order valence-electron chi connectivity index (χ0n) is 18.4. The van der Waals surface area contributed by atoms with Crippen LogP contribution in [0.3, 0.4) is 0 Å². The summed E-state index contributed by atoms with van der Waals surface area (Å²) in [5, 5.41) is 0.673. The van der Waals surface area contributed by atoms with Crippen molar-refractivity contribution in [2.24, 2.45) is 0 Å². The molecule has 0 aromatic heterocycles. The Labute approximate surface area is 195 Å². The molecule has 32 heavy (non-hydrogen) atoms. The molecule has 2 aliphatic heterocycles. The second-order valence-corrected chi connectivity index (χ2v) is 9.32. The van der Waals surface area contributed by atoms with E-state index in [1.807, 2.05) is 23.1 Å². The summed E-state index contributed by atoms with van der Waals surface area (Å²) < 4.78 is 0. The molecule has 0 bridgehead atoms. The first-order valence-corrected chi connectivity index (χ1v) is 12.1. The van der Waals surface area contributed by atoms with Crippen molar-refractivity contribution in [3.8, 4) is 0 Å². The minimum Gasteiger partial charge on any atom is -0.299 e. The molecule has 0 fully saturated rings. The highest BCUT2D eigenvalue weighted by Gasteiger charge is 2.25. The minimum atomic E-state index is 0.159. The van der Waals surface area contributed by atoms with Crippen LogP contribution in [0, 0.1) is 0 Å². The lowest BCUT2D eigenvalue weighted by molar-refractivity contribution is -0.118. The molecule has 1 amide bonds. The Bertz CT molecular complexity index is 1130. The first kappa shape index (κ1) is 21.2. The van der Waals surface area contributed by atoms with Crippen molar-refractivity contribution in [1.29, 1.82) is 0 Å². The van der Waals surface area contributed by atoms with Crippen LogP contribution in [0.4, 0.5) is 11.4 Å². The van der Waals surface area contributed by atoms with E-state index in [1.165, 1.54) is 22.3 Å². The molecule has 3 aromatic rings. The summed E-state index contributed by atoms with van der Waals surface area (Å²) >= 11 is 6.33. The standard InChI is InChI=1S/C28H29ClN2O/c29-25-15-14-23-13-12-22-8-3-4-10-26(22)31(27(23)19-25)28(32)11-5-6-17-30-18-16-21-7-1-2-9-24(21)20-30/h1-4,7-10,14-15,19H,5-6,11-13,16-18,20H2. The monoisotopic (exact) mass is 444 g/mol. The first-order chi connectivity index (χ1) is 15.7.